The number of nitrogens with two attached hydrogens (primary N) is 1. The Labute approximate surface area is 87.5 Å². The molecule has 0 amide bonds. The van der Waals surface area contributed by atoms with Crippen LogP contribution >= 0.6 is 27.3 Å². The summed E-state index contributed by atoms with van der Waals surface area (Å²) in [6, 6.07) is 3.47. The molecule has 0 bridgehead atoms. The van der Waals surface area contributed by atoms with Crippen LogP contribution in [0.5, 0.6) is 0 Å². The smallest absolute Gasteiger partial charge is 0.134 e. The van der Waals surface area contributed by atoms with Crippen molar-refractivity contribution in [1.82, 2.24) is 0 Å². The lowest BCUT2D eigenvalue weighted by atomic mass is 10.2. The molecule has 0 spiro atoms. The van der Waals surface area contributed by atoms with Crippen LogP contribution in [0.25, 0.3) is 10.1 Å². The molecule has 0 atom stereocenters. The zero-order chi connectivity index (χ0) is 9.42. The van der Waals surface area contributed by atoms with Crippen LogP contribution in [-0.2, 0) is 5.33 Å². The highest BCUT2D eigenvalue weighted by Crippen LogP contribution is 2.31. The van der Waals surface area contributed by atoms with E-state index in [1.54, 1.807) is 5.38 Å². The number of halogens is 2. The average molecular weight is 260 g/mol. The molecule has 0 unspecified atom stereocenters. The maximum Gasteiger partial charge on any atom is 0.134 e. The number of benzene rings is 1. The fraction of sp³-hybridized carbons (Fsp3) is 0.111. The third-order valence-corrected chi connectivity index (χ3v) is 3.46. The van der Waals surface area contributed by atoms with Gasteiger partial charge in [-0.1, -0.05) is 15.9 Å². The number of rotatable bonds is 1. The SMILES string of the molecule is Nc1csc2cc(CBr)cc(F)c12. The Morgan fingerprint density at radius 1 is 1.46 bits per heavy atom. The Morgan fingerprint density at radius 2 is 2.23 bits per heavy atom. The Hall–Kier alpha value is -0.610. The molecule has 68 valence electrons. The molecular weight excluding hydrogens is 253 g/mol. The molecule has 1 aromatic carbocycles. The Kier molecular flexibility index (Phi) is 2.26. The molecule has 2 N–H and O–H groups in total. The van der Waals surface area contributed by atoms with Gasteiger partial charge < -0.3 is 5.73 Å². The van der Waals surface area contributed by atoms with E-state index in [4.69, 9.17) is 5.73 Å². The lowest BCUT2D eigenvalue weighted by Crippen LogP contribution is -1.86. The first-order chi connectivity index (χ1) is 6.22. The van der Waals surface area contributed by atoms with Crippen molar-refractivity contribution in [1.29, 1.82) is 0 Å². The number of nitrogen functional groups attached to an aromatic ring is 1. The lowest BCUT2D eigenvalue weighted by molar-refractivity contribution is 0.639. The monoisotopic (exact) mass is 259 g/mol. The maximum atomic E-state index is 13.4. The van der Waals surface area contributed by atoms with Gasteiger partial charge >= 0.3 is 0 Å². The number of hydrogen-bond acceptors (Lipinski definition) is 2. The van der Waals surface area contributed by atoms with Crippen molar-refractivity contribution in [3.63, 3.8) is 0 Å². The minimum Gasteiger partial charge on any atom is -0.397 e. The summed E-state index contributed by atoms with van der Waals surface area (Å²) in [6.45, 7) is 0. The molecule has 4 heteroatoms. The van der Waals surface area contributed by atoms with Crippen LogP contribution < -0.4 is 5.73 Å². The van der Waals surface area contributed by atoms with Gasteiger partial charge in [-0.15, -0.1) is 11.3 Å². The standard InChI is InChI=1S/C9H7BrFNS/c10-3-5-1-6(11)9-7(12)4-13-8(9)2-5/h1-2,4H,3,12H2. The summed E-state index contributed by atoms with van der Waals surface area (Å²) in [6.07, 6.45) is 0. The van der Waals surface area contributed by atoms with Gasteiger partial charge in [0, 0.05) is 15.4 Å². The summed E-state index contributed by atoms with van der Waals surface area (Å²) in [5, 5.41) is 2.98. The quantitative estimate of drug-likeness (QED) is 0.780. The number of alkyl halides is 1. The van der Waals surface area contributed by atoms with Gasteiger partial charge in [0.2, 0.25) is 0 Å². The van der Waals surface area contributed by atoms with E-state index in [-0.39, 0.29) is 5.82 Å². The molecule has 0 aliphatic heterocycles. The van der Waals surface area contributed by atoms with Crippen molar-refractivity contribution < 1.29 is 4.39 Å². The van der Waals surface area contributed by atoms with Crippen molar-refractivity contribution in [3.05, 3.63) is 28.9 Å². The summed E-state index contributed by atoms with van der Waals surface area (Å²) in [7, 11) is 0. The normalized spacial score (nSPS) is 10.9. The van der Waals surface area contributed by atoms with Crippen LogP contribution in [0, 0.1) is 5.82 Å². The predicted octanol–water partition coefficient (Wildman–Crippen LogP) is 3.52. The molecular formula is C9H7BrFNS. The van der Waals surface area contributed by atoms with E-state index in [1.165, 1.54) is 17.4 Å². The highest BCUT2D eigenvalue weighted by atomic mass is 79.9. The topological polar surface area (TPSA) is 26.0 Å². The molecule has 0 aliphatic carbocycles. The maximum absolute atomic E-state index is 13.4. The third-order valence-electron chi connectivity index (χ3n) is 1.87. The number of anilines is 1. The number of thiophene rings is 1. The zero-order valence-corrected chi connectivity index (χ0v) is 9.08. The predicted molar refractivity (Wildman–Crippen MR) is 58.8 cm³/mol. The summed E-state index contributed by atoms with van der Waals surface area (Å²) in [5.74, 6) is -0.231. The van der Waals surface area contributed by atoms with Gasteiger partial charge in [0.25, 0.3) is 0 Å². The van der Waals surface area contributed by atoms with E-state index in [0.717, 1.165) is 10.3 Å². The lowest BCUT2D eigenvalue weighted by Gasteiger charge is -1.98. The number of hydrogen-bond donors (Lipinski definition) is 1. The summed E-state index contributed by atoms with van der Waals surface area (Å²) >= 11 is 4.76. The van der Waals surface area contributed by atoms with Crippen LogP contribution in [0.1, 0.15) is 5.56 Å². The second-order valence-corrected chi connectivity index (χ2v) is 4.25. The van der Waals surface area contributed by atoms with Crippen molar-refractivity contribution in [3.8, 4) is 0 Å². The summed E-state index contributed by atoms with van der Waals surface area (Å²) in [5.41, 5.74) is 7.09. The fourth-order valence-corrected chi connectivity index (χ4v) is 2.52. The van der Waals surface area contributed by atoms with Gasteiger partial charge in [0.1, 0.15) is 5.82 Å². The summed E-state index contributed by atoms with van der Waals surface area (Å²) in [4.78, 5) is 0. The van der Waals surface area contributed by atoms with Crippen molar-refractivity contribution >= 4 is 43.0 Å². The summed E-state index contributed by atoms with van der Waals surface area (Å²) < 4.78 is 14.3. The van der Waals surface area contributed by atoms with E-state index < -0.39 is 0 Å². The van der Waals surface area contributed by atoms with Gasteiger partial charge in [-0.05, 0) is 17.7 Å². The van der Waals surface area contributed by atoms with Crippen LogP contribution in [0.2, 0.25) is 0 Å². The van der Waals surface area contributed by atoms with Crippen LogP contribution in [0.15, 0.2) is 17.5 Å². The van der Waals surface area contributed by atoms with Gasteiger partial charge in [-0.2, -0.15) is 0 Å². The second-order valence-electron chi connectivity index (χ2n) is 2.78. The average Bonchev–Trinajstić information content (AvgIpc) is 2.48. The first kappa shape index (κ1) is 8.97. The molecule has 0 fully saturated rings. The van der Waals surface area contributed by atoms with E-state index in [2.05, 4.69) is 15.9 Å². The minimum absolute atomic E-state index is 0.231. The van der Waals surface area contributed by atoms with Crippen molar-refractivity contribution in [2.75, 3.05) is 5.73 Å². The Balaban J connectivity index is 2.79. The van der Waals surface area contributed by atoms with Crippen LogP contribution in [-0.4, -0.2) is 0 Å². The van der Waals surface area contributed by atoms with E-state index in [0.29, 0.717) is 16.4 Å². The van der Waals surface area contributed by atoms with Gasteiger partial charge in [-0.25, -0.2) is 4.39 Å². The number of fused-ring (bicyclic) bond motifs is 1. The molecule has 2 aromatic rings. The largest absolute Gasteiger partial charge is 0.397 e. The van der Waals surface area contributed by atoms with Crippen molar-refractivity contribution in [2.45, 2.75) is 5.33 Å². The molecule has 2 rings (SSSR count). The van der Waals surface area contributed by atoms with Gasteiger partial charge in [0.15, 0.2) is 0 Å². The van der Waals surface area contributed by atoms with Gasteiger partial charge in [-0.3, -0.25) is 0 Å². The molecule has 1 heterocycles. The zero-order valence-electron chi connectivity index (χ0n) is 6.68. The van der Waals surface area contributed by atoms with E-state index in [1.807, 2.05) is 6.07 Å². The third kappa shape index (κ3) is 1.44. The molecule has 0 radical (unpaired) electrons. The molecule has 1 nitrogen and oxygen atoms in total. The van der Waals surface area contributed by atoms with Crippen LogP contribution in [0.3, 0.4) is 0 Å². The first-order valence-electron chi connectivity index (χ1n) is 3.73. The first-order valence-corrected chi connectivity index (χ1v) is 5.73. The minimum atomic E-state index is -0.231. The molecule has 0 saturated carbocycles. The Morgan fingerprint density at radius 3 is 2.92 bits per heavy atom. The fourth-order valence-electron chi connectivity index (χ4n) is 1.27. The highest BCUT2D eigenvalue weighted by molar-refractivity contribution is 9.08. The van der Waals surface area contributed by atoms with E-state index in [9.17, 15) is 4.39 Å². The highest BCUT2D eigenvalue weighted by Gasteiger charge is 2.07. The van der Waals surface area contributed by atoms with Gasteiger partial charge in [0.05, 0.1) is 11.1 Å². The molecule has 0 aliphatic rings. The molecule has 1 aromatic heterocycles. The Bertz CT molecular complexity index is 452. The van der Waals surface area contributed by atoms with E-state index >= 15 is 0 Å². The van der Waals surface area contributed by atoms with Crippen molar-refractivity contribution in [2.24, 2.45) is 0 Å². The van der Waals surface area contributed by atoms with Crippen LogP contribution in [0.4, 0.5) is 10.1 Å². The molecule has 13 heavy (non-hydrogen) atoms. The molecule has 0 saturated heterocycles. The second kappa shape index (κ2) is 3.27.